The lowest BCUT2D eigenvalue weighted by molar-refractivity contribution is -0.137. The second-order valence-corrected chi connectivity index (χ2v) is 4.99. The number of H-pyrrole nitrogens is 1. The number of aromatic amines is 1. The first-order valence-electron chi connectivity index (χ1n) is 7.10. The third kappa shape index (κ3) is 5.07. The summed E-state index contributed by atoms with van der Waals surface area (Å²) in [5.74, 6) is 0.0712. The maximum absolute atomic E-state index is 12.0. The summed E-state index contributed by atoms with van der Waals surface area (Å²) < 4.78 is 0. The van der Waals surface area contributed by atoms with E-state index >= 15 is 0 Å². The Balaban J connectivity index is 1.62. The molecule has 0 spiro atoms. The summed E-state index contributed by atoms with van der Waals surface area (Å²) in [7, 11) is 0. The zero-order valence-corrected chi connectivity index (χ0v) is 11.9. The lowest BCUT2D eigenvalue weighted by atomic mass is 10.3. The average molecular weight is 295 g/mol. The number of carbonyl (C=O) groups is 2. The number of carboxylic acids is 1. The molecule has 1 aliphatic heterocycles. The van der Waals surface area contributed by atoms with Crippen LogP contribution in [0.15, 0.2) is 12.4 Å². The Labute approximate surface area is 123 Å². The van der Waals surface area contributed by atoms with Crippen LogP contribution in [0, 0.1) is 0 Å². The van der Waals surface area contributed by atoms with Gasteiger partial charge in [0.1, 0.15) is 5.82 Å². The van der Waals surface area contributed by atoms with Gasteiger partial charge in [-0.25, -0.2) is 9.78 Å². The van der Waals surface area contributed by atoms with E-state index in [1.165, 1.54) is 0 Å². The smallest absolute Gasteiger partial charge is 0.317 e. The molecule has 0 saturated carbocycles. The van der Waals surface area contributed by atoms with Crippen molar-refractivity contribution in [3.8, 4) is 0 Å². The van der Waals surface area contributed by atoms with Gasteiger partial charge >= 0.3 is 12.0 Å². The zero-order valence-electron chi connectivity index (χ0n) is 11.9. The van der Waals surface area contributed by atoms with Crippen molar-refractivity contribution in [2.75, 3.05) is 39.3 Å². The van der Waals surface area contributed by atoms with E-state index < -0.39 is 5.97 Å². The number of aromatic nitrogens is 2. The van der Waals surface area contributed by atoms with Crippen LogP contribution in [0.5, 0.6) is 0 Å². The molecule has 8 heteroatoms. The summed E-state index contributed by atoms with van der Waals surface area (Å²) >= 11 is 0. The van der Waals surface area contributed by atoms with Gasteiger partial charge in [0.15, 0.2) is 0 Å². The van der Waals surface area contributed by atoms with Crippen molar-refractivity contribution in [1.82, 2.24) is 25.1 Å². The third-order valence-electron chi connectivity index (χ3n) is 3.49. The summed E-state index contributed by atoms with van der Waals surface area (Å²) in [5.41, 5.74) is 0. The molecule has 1 aromatic rings. The maximum Gasteiger partial charge on any atom is 0.317 e. The molecule has 1 aliphatic rings. The Bertz CT molecular complexity index is 454. The third-order valence-corrected chi connectivity index (χ3v) is 3.49. The molecule has 116 valence electrons. The fourth-order valence-corrected chi connectivity index (χ4v) is 2.26. The van der Waals surface area contributed by atoms with E-state index in [1.807, 2.05) is 0 Å². The van der Waals surface area contributed by atoms with Crippen LogP contribution in [0.2, 0.25) is 0 Å². The van der Waals surface area contributed by atoms with Crippen molar-refractivity contribution in [1.29, 1.82) is 0 Å². The van der Waals surface area contributed by atoms with Crippen LogP contribution in [0.25, 0.3) is 0 Å². The van der Waals surface area contributed by atoms with Gasteiger partial charge in [-0.2, -0.15) is 0 Å². The highest BCUT2D eigenvalue weighted by Gasteiger charge is 2.20. The number of carboxylic acid groups (broad SMARTS) is 1. The molecule has 0 bridgehead atoms. The largest absolute Gasteiger partial charge is 0.481 e. The number of imidazole rings is 1. The Kier molecular flexibility index (Phi) is 5.56. The molecule has 2 heterocycles. The van der Waals surface area contributed by atoms with Gasteiger partial charge in [0, 0.05) is 58.1 Å². The van der Waals surface area contributed by atoms with E-state index in [-0.39, 0.29) is 12.5 Å². The number of nitrogens with zero attached hydrogens (tertiary/aromatic N) is 3. The highest BCUT2D eigenvalue weighted by Crippen LogP contribution is 2.03. The molecule has 0 atom stereocenters. The van der Waals surface area contributed by atoms with Crippen LogP contribution in [-0.4, -0.2) is 76.1 Å². The van der Waals surface area contributed by atoms with Crippen LogP contribution >= 0.6 is 0 Å². The summed E-state index contributed by atoms with van der Waals surface area (Å²) in [4.78, 5) is 33.4. The second-order valence-electron chi connectivity index (χ2n) is 4.99. The van der Waals surface area contributed by atoms with Gasteiger partial charge in [-0.1, -0.05) is 0 Å². The highest BCUT2D eigenvalue weighted by atomic mass is 16.4. The predicted octanol–water partition coefficient (Wildman–Crippen LogP) is -0.246. The van der Waals surface area contributed by atoms with Crippen LogP contribution in [0.3, 0.4) is 0 Å². The number of hydrogen-bond donors (Lipinski definition) is 3. The van der Waals surface area contributed by atoms with Crippen LogP contribution in [0.4, 0.5) is 4.79 Å². The Hall–Kier alpha value is -2.09. The van der Waals surface area contributed by atoms with Gasteiger partial charge in [-0.3, -0.25) is 9.69 Å². The number of carbonyl (C=O) groups excluding carboxylic acids is 1. The molecule has 0 aliphatic carbocycles. The van der Waals surface area contributed by atoms with Gasteiger partial charge in [-0.05, 0) is 0 Å². The first kappa shape index (κ1) is 15.3. The van der Waals surface area contributed by atoms with Gasteiger partial charge in [-0.15, -0.1) is 0 Å². The van der Waals surface area contributed by atoms with E-state index in [0.717, 1.165) is 18.9 Å². The lowest BCUT2D eigenvalue weighted by Gasteiger charge is -2.34. The van der Waals surface area contributed by atoms with Gasteiger partial charge < -0.3 is 20.3 Å². The van der Waals surface area contributed by atoms with E-state index in [9.17, 15) is 9.59 Å². The molecule has 0 unspecified atom stereocenters. The number of urea groups is 1. The van der Waals surface area contributed by atoms with Crippen LogP contribution in [0.1, 0.15) is 12.2 Å². The molecular weight excluding hydrogens is 274 g/mol. The number of aliphatic carboxylic acids is 1. The summed E-state index contributed by atoms with van der Waals surface area (Å²) in [5, 5.41) is 11.5. The minimum Gasteiger partial charge on any atom is -0.481 e. The number of amides is 2. The van der Waals surface area contributed by atoms with Crippen molar-refractivity contribution in [3.63, 3.8) is 0 Å². The first-order valence-corrected chi connectivity index (χ1v) is 7.10. The summed E-state index contributed by atoms with van der Waals surface area (Å²) in [6.45, 7) is 3.80. The normalized spacial score (nSPS) is 15.9. The molecule has 2 rings (SSSR count). The van der Waals surface area contributed by atoms with Crippen LogP contribution in [-0.2, 0) is 11.2 Å². The average Bonchev–Trinajstić information content (AvgIpc) is 2.99. The van der Waals surface area contributed by atoms with E-state index in [2.05, 4.69) is 20.2 Å². The monoisotopic (exact) mass is 295 g/mol. The Morgan fingerprint density at radius 3 is 2.71 bits per heavy atom. The van der Waals surface area contributed by atoms with E-state index in [4.69, 9.17) is 5.11 Å². The molecule has 1 saturated heterocycles. The maximum atomic E-state index is 12.0. The molecule has 21 heavy (non-hydrogen) atoms. The minimum atomic E-state index is -0.784. The summed E-state index contributed by atoms with van der Waals surface area (Å²) in [6, 6.07) is -0.0700. The standard InChI is InChI=1S/C13H21N5O3/c19-12(20)2-6-17-7-9-18(10-8-17)13(21)16-3-1-11-14-4-5-15-11/h4-5H,1-3,6-10H2,(H,14,15)(H,16,21)(H,19,20). The van der Waals surface area contributed by atoms with Crippen molar-refractivity contribution >= 4 is 12.0 Å². The van der Waals surface area contributed by atoms with Gasteiger partial charge in [0.05, 0.1) is 6.42 Å². The van der Waals surface area contributed by atoms with Gasteiger partial charge in [0.25, 0.3) is 0 Å². The summed E-state index contributed by atoms with van der Waals surface area (Å²) in [6.07, 6.45) is 4.27. The number of hydrogen-bond acceptors (Lipinski definition) is 4. The zero-order chi connectivity index (χ0) is 15.1. The number of rotatable bonds is 6. The fourth-order valence-electron chi connectivity index (χ4n) is 2.26. The molecule has 8 nitrogen and oxygen atoms in total. The molecule has 0 aromatic carbocycles. The molecule has 1 fully saturated rings. The second kappa shape index (κ2) is 7.63. The molecule has 2 amide bonds. The number of nitrogens with one attached hydrogen (secondary N) is 2. The molecule has 3 N–H and O–H groups in total. The Morgan fingerprint density at radius 2 is 2.10 bits per heavy atom. The lowest BCUT2D eigenvalue weighted by Crippen LogP contribution is -2.52. The van der Waals surface area contributed by atoms with E-state index in [1.54, 1.807) is 17.3 Å². The minimum absolute atomic E-state index is 0.0700. The van der Waals surface area contributed by atoms with Crippen molar-refractivity contribution in [2.45, 2.75) is 12.8 Å². The van der Waals surface area contributed by atoms with E-state index in [0.29, 0.717) is 32.6 Å². The highest BCUT2D eigenvalue weighted by molar-refractivity contribution is 5.74. The topological polar surface area (TPSA) is 102 Å². The van der Waals surface area contributed by atoms with Crippen molar-refractivity contribution in [3.05, 3.63) is 18.2 Å². The Morgan fingerprint density at radius 1 is 1.33 bits per heavy atom. The predicted molar refractivity (Wildman–Crippen MR) is 76.0 cm³/mol. The van der Waals surface area contributed by atoms with Crippen LogP contribution < -0.4 is 5.32 Å². The SMILES string of the molecule is O=C(O)CCN1CCN(C(=O)NCCc2ncc[nH]2)CC1. The molecule has 1 aromatic heterocycles. The molecular formula is C13H21N5O3. The molecule has 0 radical (unpaired) electrons. The number of piperazine rings is 1. The first-order chi connectivity index (χ1) is 10.1. The van der Waals surface area contributed by atoms with Gasteiger partial charge in [0.2, 0.25) is 0 Å². The van der Waals surface area contributed by atoms with Crippen molar-refractivity contribution in [2.24, 2.45) is 0 Å². The van der Waals surface area contributed by atoms with Crippen molar-refractivity contribution < 1.29 is 14.7 Å². The quantitative estimate of drug-likeness (QED) is 0.672. The fraction of sp³-hybridized carbons (Fsp3) is 0.615.